The quantitative estimate of drug-likeness (QED) is 0.615. The van der Waals surface area contributed by atoms with Crippen molar-refractivity contribution in [3.05, 3.63) is 35.9 Å². The normalized spacial score (nSPS) is 9.45. The Morgan fingerprint density at radius 3 is 2.30 bits per heavy atom. The van der Waals surface area contributed by atoms with Crippen molar-refractivity contribution >= 4 is 24.2 Å². The summed E-state index contributed by atoms with van der Waals surface area (Å²) in [6.45, 7) is 1.52. The Morgan fingerprint density at radius 1 is 1.00 bits per heavy atom. The summed E-state index contributed by atoms with van der Waals surface area (Å²) in [5.74, 6) is -0.130. The third-order valence-corrected chi connectivity index (χ3v) is 2.58. The average molecular weight is 300 g/mol. The van der Waals surface area contributed by atoms with Crippen LogP contribution in [0, 0.1) is 0 Å². The summed E-state index contributed by atoms with van der Waals surface area (Å²) in [4.78, 5) is 22.9. The highest BCUT2D eigenvalue weighted by molar-refractivity contribution is 5.85. The standard InChI is InChI=1S/C14H21N3O2.ClH/c15-8-4-9-16-13(18)7-10-17-14(19)11-12-5-2-1-3-6-12;/h1-3,5-6H,4,7-11,15H2,(H,16,18)(H,17,19);1H. The second-order valence-electron chi connectivity index (χ2n) is 4.25. The summed E-state index contributed by atoms with van der Waals surface area (Å²) in [5.41, 5.74) is 6.28. The van der Waals surface area contributed by atoms with E-state index in [0.29, 0.717) is 32.5 Å². The van der Waals surface area contributed by atoms with Crippen molar-refractivity contribution in [2.24, 2.45) is 5.73 Å². The number of nitrogens with two attached hydrogens (primary N) is 1. The van der Waals surface area contributed by atoms with Crippen LogP contribution in [0.4, 0.5) is 0 Å². The number of rotatable bonds is 8. The highest BCUT2D eigenvalue weighted by Gasteiger charge is 2.04. The van der Waals surface area contributed by atoms with E-state index < -0.39 is 0 Å². The predicted molar refractivity (Wildman–Crippen MR) is 81.7 cm³/mol. The molecular formula is C14H22ClN3O2. The molecule has 0 heterocycles. The Balaban J connectivity index is 0.00000361. The fourth-order valence-electron chi connectivity index (χ4n) is 1.58. The number of halogens is 1. The smallest absolute Gasteiger partial charge is 0.224 e. The van der Waals surface area contributed by atoms with Gasteiger partial charge in [-0.25, -0.2) is 0 Å². The highest BCUT2D eigenvalue weighted by Crippen LogP contribution is 1.98. The Morgan fingerprint density at radius 2 is 1.65 bits per heavy atom. The number of benzene rings is 1. The van der Waals surface area contributed by atoms with Gasteiger partial charge in [-0.2, -0.15) is 0 Å². The van der Waals surface area contributed by atoms with Gasteiger partial charge >= 0.3 is 0 Å². The SMILES string of the molecule is Cl.NCCCNC(=O)CCNC(=O)Cc1ccccc1. The minimum absolute atomic E-state index is 0. The van der Waals surface area contributed by atoms with E-state index in [-0.39, 0.29) is 24.2 Å². The van der Waals surface area contributed by atoms with Crippen molar-refractivity contribution in [3.63, 3.8) is 0 Å². The van der Waals surface area contributed by atoms with Gasteiger partial charge in [-0.05, 0) is 18.5 Å². The molecule has 1 aromatic rings. The molecule has 4 N–H and O–H groups in total. The van der Waals surface area contributed by atoms with E-state index in [1.165, 1.54) is 0 Å². The van der Waals surface area contributed by atoms with Crippen molar-refractivity contribution in [3.8, 4) is 0 Å². The Bertz CT molecular complexity index is 399. The first-order valence-corrected chi connectivity index (χ1v) is 6.49. The van der Waals surface area contributed by atoms with Gasteiger partial charge in [0.05, 0.1) is 6.42 Å². The van der Waals surface area contributed by atoms with E-state index in [1.54, 1.807) is 0 Å². The Labute approximate surface area is 125 Å². The molecule has 2 amide bonds. The average Bonchev–Trinajstić information content (AvgIpc) is 2.40. The van der Waals surface area contributed by atoms with E-state index >= 15 is 0 Å². The molecule has 1 aromatic carbocycles. The van der Waals surface area contributed by atoms with Gasteiger partial charge in [0, 0.05) is 19.5 Å². The lowest BCUT2D eigenvalue weighted by atomic mass is 10.1. The van der Waals surface area contributed by atoms with E-state index in [2.05, 4.69) is 10.6 Å². The molecule has 0 aliphatic heterocycles. The minimum atomic E-state index is -0.0686. The first-order chi connectivity index (χ1) is 9.22. The largest absolute Gasteiger partial charge is 0.356 e. The second kappa shape index (κ2) is 11.3. The summed E-state index contributed by atoms with van der Waals surface area (Å²) in [6.07, 6.45) is 1.41. The zero-order valence-electron chi connectivity index (χ0n) is 11.4. The number of carbonyl (C=O) groups excluding carboxylic acids is 2. The van der Waals surface area contributed by atoms with Crippen LogP contribution in [0.1, 0.15) is 18.4 Å². The zero-order chi connectivity index (χ0) is 13.9. The van der Waals surface area contributed by atoms with Crippen LogP contribution in [0.5, 0.6) is 0 Å². The summed E-state index contributed by atoms with van der Waals surface area (Å²) in [6, 6.07) is 9.51. The molecule has 112 valence electrons. The molecule has 0 aliphatic rings. The van der Waals surface area contributed by atoms with E-state index in [0.717, 1.165) is 12.0 Å². The van der Waals surface area contributed by atoms with Gasteiger partial charge in [0.15, 0.2) is 0 Å². The van der Waals surface area contributed by atoms with Crippen molar-refractivity contribution in [1.29, 1.82) is 0 Å². The summed E-state index contributed by atoms with van der Waals surface area (Å²) < 4.78 is 0. The van der Waals surface area contributed by atoms with Crippen LogP contribution in [0.15, 0.2) is 30.3 Å². The molecule has 20 heavy (non-hydrogen) atoms. The van der Waals surface area contributed by atoms with Gasteiger partial charge in [-0.1, -0.05) is 30.3 Å². The number of carbonyl (C=O) groups is 2. The number of hydrogen-bond donors (Lipinski definition) is 3. The fraction of sp³-hybridized carbons (Fsp3) is 0.429. The molecule has 0 saturated carbocycles. The minimum Gasteiger partial charge on any atom is -0.356 e. The van der Waals surface area contributed by atoms with Crippen LogP contribution >= 0.6 is 12.4 Å². The van der Waals surface area contributed by atoms with Crippen molar-refractivity contribution in [2.45, 2.75) is 19.3 Å². The number of amides is 2. The second-order valence-corrected chi connectivity index (χ2v) is 4.25. The molecule has 0 unspecified atom stereocenters. The fourth-order valence-corrected chi connectivity index (χ4v) is 1.58. The van der Waals surface area contributed by atoms with Gasteiger partial charge in [-0.15, -0.1) is 12.4 Å². The third kappa shape index (κ3) is 8.50. The molecule has 0 bridgehead atoms. The predicted octanol–water partition coefficient (Wildman–Crippen LogP) is 0.622. The first kappa shape index (κ1) is 18.4. The van der Waals surface area contributed by atoms with Crippen LogP contribution < -0.4 is 16.4 Å². The van der Waals surface area contributed by atoms with Gasteiger partial charge in [-0.3, -0.25) is 9.59 Å². The molecular weight excluding hydrogens is 278 g/mol. The molecule has 0 aliphatic carbocycles. The lowest BCUT2D eigenvalue weighted by Gasteiger charge is -2.06. The van der Waals surface area contributed by atoms with E-state index in [1.807, 2.05) is 30.3 Å². The molecule has 0 saturated heterocycles. The van der Waals surface area contributed by atoms with Crippen molar-refractivity contribution in [1.82, 2.24) is 10.6 Å². The number of nitrogens with one attached hydrogen (secondary N) is 2. The van der Waals surface area contributed by atoms with Crippen molar-refractivity contribution < 1.29 is 9.59 Å². The molecule has 6 heteroatoms. The van der Waals surface area contributed by atoms with Crippen LogP contribution in [-0.2, 0) is 16.0 Å². The van der Waals surface area contributed by atoms with Gasteiger partial charge in [0.25, 0.3) is 0 Å². The molecule has 0 atom stereocenters. The lowest BCUT2D eigenvalue weighted by molar-refractivity contribution is -0.122. The number of hydrogen-bond acceptors (Lipinski definition) is 3. The van der Waals surface area contributed by atoms with Crippen LogP contribution in [0.3, 0.4) is 0 Å². The molecule has 5 nitrogen and oxygen atoms in total. The Kier molecular flexibility index (Phi) is 10.4. The highest BCUT2D eigenvalue weighted by atomic mass is 35.5. The van der Waals surface area contributed by atoms with Gasteiger partial charge in [0.1, 0.15) is 0 Å². The first-order valence-electron chi connectivity index (χ1n) is 6.49. The third-order valence-electron chi connectivity index (χ3n) is 2.58. The molecule has 0 spiro atoms. The van der Waals surface area contributed by atoms with Gasteiger partial charge in [0.2, 0.25) is 11.8 Å². The zero-order valence-corrected chi connectivity index (χ0v) is 12.2. The van der Waals surface area contributed by atoms with Crippen molar-refractivity contribution in [2.75, 3.05) is 19.6 Å². The van der Waals surface area contributed by atoms with E-state index in [4.69, 9.17) is 5.73 Å². The summed E-state index contributed by atoms with van der Waals surface area (Å²) >= 11 is 0. The van der Waals surface area contributed by atoms with Gasteiger partial charge < -0.3 is 16.4 Å². The summed E-state index contributed by atoms with van der Waals surface area (Å²) in [5, 5.41) is 5.46. The van der Waals surface area contributed by atoms with Crippen LogP contribution in [0.25, 0.3) is 0 Å². The molecule has 0 aromatic heterocycles. The van der Waals surface area contributed by atoms with Crippen LogP contribution in [0.2, 0.25) is 0 Å². The van der Waals surface area contributed by atoms with E-state index in [9.17, 15) is 9.59 Å². The topological polar surface area (TPSA) is 84.2 Å². The lowest BCUT2D eigenvalue weighted by Crippen LogP contribution is -2.32. The molecule has 0 fully saturated rings. The maximum Gasteiger partial charge on any atom is 0.224 e. The molecule has 0 radical (unpaired) electrons. The monoisotopic (exact) mass is 299 g/mol. The summed E-state index contributed by atoms with van der Waals surface area (Å²) in [7, 11) is 0. The molecule has 1 rings (SSSR count). The van der Waals surface area contributed by atoms with Crippen LogP contribution in [-0.4, -0.2) is 31.4 Å². The maximum absolute atomic E-state index is 11.6. The maximum atomic E-state index is 11.6. The Hall–Kier alpha value is -1.59.